The van der Waals surface area contributed by atoms with Crippen LogP contribution in [-0.2, 0) is 11.3 Å². The maximum Gasteiger partial charge on any atom is 0.410 e. The summed E-state index contributed by atoms with van der Waals surface area (Å²) in [6.45, 7) is 9.50. The molecule has 37 heavy (non-hydrogen) atoms. The number of nitrogens with one attached hydrogen (secondary N) is 1. The number of likely N-dealkylation sites (tertiary alicyclic amines) is 1. The minimum Gasteiger partial charge on any atom is -0.485 e. The Labute approximate surface area is 214 Å². The Morgan fingerprint density at radius 3 is 2.57 bits per heavy atom. The number of hydrogen-bond acceptors (Lipinski definition) is 5. The first-order valence-corrected chi connectivity index (χ1v) is 12.3. The molecule has 8 nitrogen and oxygen atoms in total. The first kappa shape index (κ1) is 26.4. The van der Waals surface area contributed by atoms with E-state index in [9.17, 15) is 18.4 Å². The number of imidazole rings is 1. The van der Waals surface area contributed by atoms with Crippen LogP contribution in [0.5, 0.6) is 5.75 Å². The number of amides is 2. The van der Waals surface area contributed by atoms with Crippen molar-refractivity contribution in [1.29, 1.82) is 0 Å². The van der Waals surface area contributed by atoms with Crippen LogP contribution in [-0.4, -0.2) is 51.0 Å². The summed E-state index contributed by atoms with van der Waals surface area (Å²) in [5, 5.41) is 2.93. The molecule has 1 saturated heterocycles. The molecule has 0 aliphatic carbocycles. The summed E-state index contributed by atoms with van der Waals surface area (Å²) in [5.41, 5.74) is 1.14. The van der Waals surface area contributed by atoms with Gasteiger partial charge in [-0.15, -0.1) is 0 Å². The first-order valence-electron chi connectivity index (χ1n) is 12.3. The Balaban J connectivity index is 1.52. The number of benzene rings is 1. The zero-order chi connectivity index (χ0) is 26.9. The smallest absolute Gasteiger partial charge is 0.410 e. The molecule has 198 valence electrons. The average Bonchev–Trinajstić information content (AvgIpc) is 3.40. The van der Waals surface area contributed by atoms with Crippen LogP contribution >= 0.6 is 0 Å². The number of aryl methyl sites for hydroxylation is 2. The van der Waals surface area contributed by atoms with Crippen LogP contribution in [0.2, 0.25) is 0 Å². The normalized spacial score (nSPS) is 15.8. The van der Waals surface area contributed by atoms with Crippen molar-refractivity contribution in [3.8, 4) is 5.75 Å². The molecule has 1 aromatic carbocycles. The standard InChI is InChI=1S/C27H32F2N4O4/c1-16-12-22(36-15-19-20(28)9-6-10-21(19)29)24-31-17(2)23(33(24)14-16)25(34)30-13-18-8-7-11-32(18)26(35)37-27(3,4)5/h6,9-10,12,14,18H,7-8,11,13,15H2,1-5H3,(H,30,34)/t18-/m1/s1. The fourth-order valence-electron chi connectivity index (χ4n) is 4.46. The lowest BCUT2D eigenvalue weighted by atomic mass is 10.2. The fraction of sp³-hybridized carbons (Fsp3) is 0.444. The van der Waals surface area contributed by atoms with Gasteiger partial charge in [-0.1, -0.05) is 6.07 Å². The van der Waals surface area contributed by atoms with E-state index in [1.54, 1.807) is 28.5 Å². The highest BCUT2D eigenvalue weighted by Crippen LogP contribution is 2.26. The van der Waals surface area contributed by atoms with Crippen molar-refractivity contribution < 1.29 is 27.8 Å². The molecule has 10 heteroatoms. The van der Waals surface area contributed by atoms with Crippen molar-refractivity contribution in [2.45, 2.75) is 65.7 Å². The van der Waals surface area contributed by atoms with Crippen molar-refractivity contribution in [2.24, 2.45) is 0 Å². The van der Waals surface area contributed by atoms with E-state index in [2.05, 4.69) is 10.3 Å². The Morgan fingerprint density at radius 1 is 1.19 bits per heavy atom. The van der Waals surface area contributed by atoms with E-state index in [-0.39, 0.29) is 36.8 Å². The molecule has 1 fully saturated rings. The van der Waals surface area contributed by atoms with Gasteiger partial charge in [0.1, 0.15) is 29.5 Å². The number of carbonyl (C=O) groups is 2. The average molecular weight is 515 g/mol. The molecule has 3 aromatic rings. The lowest BCUT2D eigenvalue weighted by molar-refractivity contribution is 0.0225. The second kappa shape index (κ2) is 10.4. The van der Waals surface area contributed by atoms with Gasteiger partial charge in [0.05, 0.1) is 17.3 Å². The lowest BCUT2D eigenvalue weighted by Gasteiger charge is -2.28. The third-order valence-electron chi connectivity index (χ3n) is 6.15. The first-order chi connectivity index (χ1) is 17.4. The highest BCUT2D eigenvalue weighted by Gasteiger charge is 2.32. The van der Waals surface area contributed by atoms with Crippen molar-refractivity contribution in [2.75, 3.05) is 13.1 Å². The third-order valence-corrected chi connectivity index (χ3v) is 6.15. The predicted molar refractivity (Wildman–Crippen MR) is 134 cm³/mol. The van der Waals surface area contributed by atoms with E-state index in [1.807, 2.05) is 27.7 Å². The van der Waals surface area contributed by atoms with E-state index >= 15 is 0 Å². The van der Waals surface area contributed by atoms with Gasteiger partial charge in [0.2, 0.25) is 0 Å². The summed E-state index contributed by atoms with van der Waals surface area (Å²) in [4.78, 5) is 32.0. The molecule has 1 aliphatic heterocycles. The van der Waals surface area contributed by atoms with Crippen molar-refractivity contribution in [3.63, 3.8) is 0 Å². The molecule has 0 spiro atoms. The summed E-state index contributed by atoms with van der Waals surface area (Å²) in [6, 6.07) is 5.17. The second-order valence-corrected chi connectivity index (χ2v) is 10.3. The van der Waals surface area contributed by atoms with Gasteiger partial charge in [-0.25, -0.2) is 18.6 Å². The molecule has 0 bridgehead atoms. The molecule has 4 rings (SSSR count). The number of halogens is 2. The van der Waals surface area contributed by atoms with Gasteiger partial charge in [-0.3, -0.25) is 9.20 Å². The van der Waals surface area contributed by atoms with Gasteiger partial charge in [-0.05, 0) is 71.2 Å². The number of pyridine rings is 1. The topological polar surface area (TPSA) is 85.2 Å². The summed E-state index contributed by atoms with van der Waals surface area (Å²) in [6.07, 6.45) is 2.95. The number of fused-ring (bicyclic) bond motifs is 1. The van der Waals surface area contributed by atoms with Crippen LogP contribution in [0.3, 0.4) is 0 Å². The largest absolute Gasteiger partial charge is 0.485 e. The number of rotatable bonds is 6. The molecule has 2 amide bonds. The molecule has 1 N–H and O–H groups in total. The zero-order valence-corrected chi connectivity index (χ0v) is 21.7. The van der Waals surface area contributed by atoms with Crippen LogP contribution in [0.25, 0.3) is 5.65 Å². The van der Waals surface area contributed by atoms with Gasteiger partial charge in [0, 0.05) is 19.3 Å². The van der Waals surface area contributed by atoms with Crippen LogP contribution in [0.4, 0.5) is 13.6 Å². The van der Waals surface area contributed by atoms with E-state index in [0.29, 0.717) is 29.3 Å². The van der Waals surface area contributed by atoms with Gasteiger partial charge in [-0.2, -0.15) is 0 Å². The number of nitrogens with zero attached hydrogens (tertiary/aromatic N) is 3. The molecule has 0 radical (unpaired) electrons. The van der Waals surface area contributed by atoms with Crippen molar-refractivity contribution in [1.82, 2.24) is 19.6 Å². The lowest BCUT2D eigenvalue weighted by Crippen LogP contribution is -2.45. The summed E-state index contributed by atoms with van der Waals surface area (Å²) in [7, 11) is 0. The van der Waals surface area contributed by atoms with Crippen LogP contribution in [0.15, 0.2) is 30.5 Å². The van der Waals surface area contributed by atoms with Crippen molar-refractivity contribution in [3.05, 3.63) is 64.6 Å². The summed E-state index contributed by atoms with van der Waals surface area (Å²) < 4.78 is 41.0. The number of carbonyl (C=O) groups excluding carboxylic acids is 2. The summed E-state index contributed by atoms with van der Waals surface area (Å²) in [5.74, 6) is -1.44. The minimum atomic E-state index is -0.699. The fourth-order valence-corrected chi connectivity index (χ4v) is 4.46. The SMILES string of the molecule is Cc1cc(OCc2c(F)cccc2F)c2nc(C)c(C(=O)NC[C@H]3CCCN3C(=O)OC(C)(C)C)n2c1. The predicted octanol–water partition coefficient (Wildman–Crippen LogP) is 4.94. The molecule has 3 heterocycles. The van der Waals surface area contributed by atoms with Gasteiger partial charge >= 0.3 is 6.09 Å². The van der Waals surface area contributed by atoms with Gasteiger partial charge in [0.25, 0.3) is 5.91 Å². The number of aromatic nitrogens is 2. The quantitative estimate of drug-likeness (QED) is 0.504. The molecule has 0 unspecified atom stereocenters. The molecular formula is C27H32F2N4O4. The van der Waals surface area contributed by atoms with Crippen LogP contribution in [0.1, 0.15) is 60.9 Å². The number of hydrogen-bond donors (Lipinski definition) is 1. The summed E-state index contributed by atoms with van der Waals surface area (Å²) >= 11 is 0. The van der Waals surface area contributed by atoms with E-state index in [0.717, 1.165) is 18.4 Å². The zero-order valence-electron chi connectivity index (χ0n) is 21.7. The molecule has 1 aliphatic rings. The van der Waals surface area contributed by atoms with Crippen LogP contribution < -0.4 is 10.1 Å². The van der Waals surface area contributed by atoms with E-state index in [4.69, 9.17) is 9.47 Å². The van der Waals surface area contributed by atoms with E-state index in [1.165, 1.54) is 18.2 Å². The Morgan fingerprint density at radius 2 is 1.89 bits per heavy atom. The molecule has 0 saturated carbocycles. The third kappa shape index (κ3) is 5.84. The molecule has 1 atom stereocenters. The Bertz CT molecular complexity index is 1310. The number of ether oxygens (including phenoxy) is 2. The highest BCUT2D eigenvalue weighted by atomic mass is 19.1. The van der Waals surface area contributed by atoms with Gasteiger partial charge in [0.15, 0.2) is 11.4 Å². The van der Waals surface area contributed by atoms with Crippen LogP contribution in [0, 0.1) is 25.5 Å². The van der Waals surface area contributed by atoms with Gasteiger partial charge < -0.3 is 19.7 Å². The molecular weight excluding hydrogens is 482 g/mol. The molecule has 2 aromatic heterocycles. The second-order valence-electron chi connectivity index (χ2n) is 10.3. The Hall–Kier alpha value is -3.69. The maximum absolute atomic E-state index is 14.1. The minimum absolute atomic E-state index is 0.172. The maximum atomic E-state index is 14.1. The van der Waals surface area contributed by atoms with E-state index < -0.39 is 17.2 Å². The van der Waals surface area contributed by atoms with Crippen molar-refractivity contribution >= 4 is 17.6 Å². The Kier molecular flexibility index (Phi) is 7.38. The monoisotopic (exact) mass is 514 g/mol. The highest BCUT2D eigenvalue weighted by molar-refractivity contribution is 5.95.